The number of nitrogens with zero attached hydrogens (tertiary/aromatic N) is 1. The first-order valence-electron chi connectivity index (χ1n) is 6.29. The minimum atomic E-state index is -0.274. The van der Waals surface area contributed by atoms with Gasteiger partial charge < -0.3 is 9.84 Å². The van der Waals surface area contributed by atoms with Gasteiger partial charge in [0.2, 0.25) is 0 Å². The molecule has 2 aromatic rings. The summed E-state index contributed by atoms with van der Waals surface area (Å²) in [5.41, 5.74) is 1.46. The Morgan fingerprint density at radius 2 is 2.32 bits per heavy atom. The second kappa shape index (κ2) is 4.42. The molecule has 0 unspecified atom stereocenters. The minimum absolute atomic E-state index is 0.181. The average molecular weight is 258 g/mol. The number of aromatic amines is 1. The van der Waals surface area contributed by atoms with Gasteiger partial charge in [0.05, 0.1) is 6.61 Å². The van der Waals surface area contributed by atoms with Crippen LogP contribution in [-0.4, -0.2) is 22.2 Å². The molecule has 19 heavy (non-hydrogen) atoms. The van der Waals surface area contributed by atoms with Crippen molar-refractivity contribution in [1.82, 2.24) is 9.78 Å². The molecule has 5 nitrogen and oxygen atoms in total. The van der Waals surface area contributed by atoms with Crippen molar-refractivity contribution in [2.45, 2.75) is 19.9 Å². The number of nitrogens with one attached hydrogen (secondary N) is 1. The van der Waals surface area contributed by atoms with E-state index in [0.717, 1.165) is 17.7 Å². The molecule has 0 aliphatic carbocycles. The zero-order valence-electron chi connectivity index (χ0n) is 10.6. The lowest BCUT2D eigenvalue weighted by Gasteiger charge is -2.01. The van der Waals surface area contributed by atoms with Crippen molar-refractivity contribution in [3.8, 4) is 5.75 Å². The highest BCUT2D eigenvalue weighted by molar-refractivity contribution is 6.08. The lowest BCUT2D eigenvalue weighted by atomic mass is 10.0. The van der Waals surface area contributed by atoms with E-state index in [9.17, 15) is 9.59 Å². The van der Waals surface area contributed by atoms with Crippen LogP contribution in [0.15, 0.2) is 29.2 Å². The Hall–Kier alpha value is -2.30. The van der Waals surface area contributed by atoms with E-state index in [2.05, 4.69) is 5.10 Å². The molecule has 0 saturated heterocycles. The van der Waals surface area contributed by atoms with E-state index in [-0.39, 0.29) is 16.9 Å². The largest absolute Gasteiger partial charge is 0.493 e. The number of H-pyrrole nitrogens is 1. The molecule has 98 valence electrons. The monoisotopic (exact) mass is 258 g/mol. The molecular weight excluding hydrogens is 244 g/mol. The van der Waals surface area contributed by atoms with Gasteiger partial charge >= 0.3 is 0 Å². The smallest absolute Gasteiger partial charge is 0.277 e. The molecule has 0 bridgehead atoms. The molecule has 3 rings (SSSR count). The van der Waals surface area contributed by atoms with Gasteiger partial charge in [0, 0.05) is 24.7 Å². The number of ketones is 1. The number of carbonyl (C=O) groups is 1. The first-order chi connectivity index (χ1) is 9.20. The van der Waals surface area contributed by atoms with E-state index in [0.29, 0.717) is 18.7 Å². The van der Waals surface area contributed by atoms with E-state index in [1.54, 1.807) is 12.1 Å². The van der Waals surface area contributed by atoms with Crippen LogP contribution in [0.1, 0.15) is 28.4 Å². The maximum absolute atomic E-state index is 12.3. The van der Waals surface area contributed by atoms with Crippen molar-refractivity contribution in [3.05, 3.63) is 51.4 Å². The third kappa shape index (κ3) is 1.87. The van der Waals surface area contributed by atoms with Crippen molar-refractivity contribution >= 4 is 5.78 Å². The summed E-state index contributed by atoms with van der Waals surface area (Å²) >= 11 is 0. The fourth-order valence-electron chi connectivity index (χ4n) is 2.29. The maximum Gasteiger partial charge on any atom is 0.277 e. The molecule has 0 spiro atoms. The van der Waals surface area contributed by atoms with E-state index >= 15 is 0 Å². The summed E-state index contributed by atoms with van der Waals surface area (Å²) < 4.78 is 6.81. The third-order valence-corrected chi connectivity index (χ3v) is 3.35. The normalized spacial score (nSPS) is 13.1. The zero-order chi connectivity index (χ0) is 13.4. The number of aryl methyl sites for hydroxylation is 1. The minimum Gasteiger partial charge on any atom is -0.493 e. The molecule has 1 N–H and O–H groups in total. The molecule has 1 aromatic heterocycles. The molecule has 0 atom stereocenters. The quantitative estimate of drug-likeness (QED) is 0.845. The summed E-state index contributed by atoms with van der Waals surface area (Å²) in [6.45, 7) is 3.02. The first kappa shape index (κ1) is 11.8. The highest BCUT2D eigenvalue weighted by Gasteiger charge is 2.19. The molecule has 1 aromatic carbocycles. The Morgan fingerprint density at radius 1 is 1.47 bits per heavy atom. The van der Waals surface area contributed by atoms with Crippen molar-refractivity contribution in [3.63, 3.8) is 0 Å². The second-order valence-corrected chi connectivity index (χ2v) is 4.49. The van der Waals surface area contributed by atoms with Crippen molar-refractivity contribution in [1.29, 1.82) is 0 Å². The second-order valence-electron chi connectivity index (χ2n) is 4.49. The summed E-state index contributed by atoms with van der Waals surface area (Å²) in [6.07, 6.45) is 2.28. The fourth-order valence-corrected chi connectivity index (χ4v) is 2.29. The van der Waals surface area contributed by atoms with Crippen LogP contribution < -0.4 is 10.3 Å². The number of carbonyl (C=O) groups excluding carboxylic acids is 1. The topological polar surface area (TPSA) is 64.1 Å². The lowest BCUT2D eigenvalue weighted by molar-refractivity contribution is 0.103. The molecule has 0 radical (unpaired) electrons. The first-order valence-corrected chi connectivity index (χ1v) is 6.29. The van der Waals surface area contributed by atoms with Gasteiger partial charge in [0.1, 0.15) is 11.3 Å². The summed E-state index contributed by atoms with van der Waals surface area (Å²) in [6, 6.07) is 5.31. The number of hydrogen-bond donors (Lipinski definition) is 1. The number of hydrogen-bond acceptors (Lipinski definition) is 3. The van der Waals surface area contributed by atoms with Crippen molar-refractivity contribution in [2.75, 3.05) is 6.61 Å². The van der Waals surface area contributed by atoms with Crippen LogP contribution in [0.25, 0.3) is 0 Å². The Labute approximate surface area is 109 Å². The van der Waals surface area contributed by atoms with Crippen molar-refractivity contribution < 1.29 is 9.53 Å². The van der Waals surface area contributed by atoms with Gasteiger partial charge in [-0.15, -0.1) is 0 Å². The summed E-state index contributed by atoms with van der Waals surface area (Å²) in [7, 11) is 0. The molecule has 0 amide bonds. The van der Waals surface area contributed by atoms with E-state index in [4.69, 9.17) is 4.74 Å². The van der Waals surface area contributed by atoms with Crippen molar-refractivity contribution in [2.24, 2.45) is 0 Å². The summed E-state index contributed by atoms with van der Waals surface area (Å²) in [4.78, 5) is 24.3. The average Bonchev–Trinajstić information content (AvgIpc) is 3.03. The number of aromatic nitrogens is 2. The van der Waals surface area contributed by atoms with Gasteiger partial charge in [-0.1, -0.05) is 0 Å². The molecule has 0 saturated carbocycles. The maximum atomic E-state index is 12.3. The number of benzene rings is 1. The standard InChI is InChI=1S/C14H14N2O3/c1-2-16-14(18)11(8-15-16)13(17)10-3-4-12-9(7-10)5-6-19-12/h3-4,7-8,15H,2,5-6H2,1H3. The summed E-state index contributed by atoms with van der Waals surface area (Å²) in [5, 5.41) is 2.79. The van der Waals surface area contributed by atoms with Crippen LogP contribution in [-0.2, 0) is 13.0 Å². The fraction of sp³-hybridized carbons (Fsp3) is 0.286. The van der Waals surface area contributed by atoms with Gasteiger partial charge in [-0.25, -0.2) is 0 Å². The van der Waals surface area contributed by atoms with Crippen LogP contribution in [0, 0.1) is 0 Å². The molecule has 1 aliphatic rings. The van der Waals surface area contributed by atoms with Crippen LogP contribution in [0.2, 0.25) is 0 Å². The highest BCUT2D eigenvalue weighted by Crippen LogP contribution is 2.26. The summed E-state index contributed by atoms with van der Waals surface area (Å²) in [5.74, 6) is 0.583. The van der Waals surface area contributed by atoms with E-state index < -0.39 is 0 Å². The SMILES string of the molecule is CCn1[nH]cc(C(=O)c2ccc3c(c2)CCO3)c1=O. The third-order valence-electron chi connectivity index (χ3n) is 3.35. The zero-order valence-corrected chi connectivity index (χ0v) is 10.6. The van der Waals surface area contributed by atoms with E-state index in [1.165, 1.54) is 10.9 Å². The molecule has 5 heteroatoms. The van der Waals surface area contributed by atoms with Gasteiger partial charge in [0.15, 0.2) is 5.78 Å². The van der Waals surface area contributed by atoms with Gasteiger partial charge in [-0.2, -0.15) is 0 Å². The Morgan fingerprint density at radius 3 is 3.05 bits per heavy atom. The van der Waals surface area contributed by atoms with Crippen LogP contribution >= 0.6 is 0 Å². The van der Waals surface area contributed by atoms with Gasteiger partial charge in [-0.05, 0) is 30.7 Å². The molecule has 2 heterocycles. The predicted molar refractivity (Wildman–Crippen MR) is 69.8 cm³/mol. The Kier molecular flexibility index (Phi) is 2.74. The number of fused-ring (bicyclic) bond motifs is 1. The highest BCUT2D eigenvalue weighted by atomic mass is 16.5. The molecule has 0 fully saturated rings. The van der Waals surface area contributed by atoms with Gasteiger partial charge in [0.25, 0.3) is 5.56 Å². The van der Waals surface area contributed by atoms with E-state index in [1.807, 2.05) is 13.0 Å². The van der Waals surface area contributed by atoms with Crippen LogP contribution in [0.3, 0.4) is 0 Å². The molecular formula is C14H14N2O3. The van der Waals surface area contributed by atoms with Gasteiger partial charge in [-0.3, -0.25) is 14.3 Å². The Balaban J connectivity index is 2.00. The molecule has 1 aliphatic heterocycles. The van der Waals surface area contributed by atoms with Crippen LogP contribution in [0.5, 0.6) is 5.75 Å². The lowest BCUT2D eigenvalue weighted by Crippen LogP contribution is -2.21. The number of rotatable bonds is 3. The predicted octanol–water partition coefficient (Wildman–Crippen LogP) is 1.36. The van der Waals surface area contributed by atoms with Crippen LogP contribution in [0.4, 0.5) is 0 Å². The number of ether oxygens (including phenoxy) is 1. The Bertz CT molecular complexity index is 697.